The lowest BCUT2D eigenvalue weighted by Gasteiger charge is -2.22. The molecule has 1 aliphatic rings. The second-order valence-corrected chi connectivity index (χ2v) is 5.99. The van der Waals surface area contributed by atoms with Crippen LogP contribution in [0.3, 0.4) is 0 Å². The van der Waals surface area contributed by atoms with Crippen LogP contribution in [0.25, 0.3) is 17.0 Å². The molecule has 6 heteroatoms. The first-order valence-electron chi connectivity index (χ1n) is 7.99. The molecule has 3 aromatic rings. The van der Waals surface area contributed by atoms with Gasteiger partial charge in [-0.1, -0.05) is 19.3 Å². The molecule has 0 aromatic carbocycles. The molecule has 4 rings (SSSR count). The molecule has 0 unspecified atom stereocenters. The maximum Gasteiger partial charge on any atom is 0.252 e. The number of amides is 1. The molecule has 3 heterocycles. The van der Waals surface area contributed by atoms with E-state index >= 15 is 0 Å². The van der Waals surface area contributed by atoms with E-state index in [0.717, 1.165) is 18.4 Å². The van der Waals surface area contributed by atoms with Crippen molar-refractivity contribution in [3.05, 3.63) is 42.5 Å². The molecule has 0 bridgehead atoms. The molecule has 1 amide bonds. The van der Waals surface area contributed by atoms with E-state index in [4.69, 9.17) is 4.42 Å². The van der Waals surface area contributed by atoms with Crippen LogP contribution in [0.1, 0.15) is 42.5 Å². The maximum atomic E-state index is 12.5. The Labute approximate surface area is 133 Å². The Morgan fingerprint density at radius 2 is 2.04 bits per heavy atom. The lowest BCUT2D eigenvalue weighted by Crippen LogP contribution is -2.36. The standard InChI is InChI=1S/C17H18N4O2/c22-17(18-14-4-2-1-3-5-14)12-6-7-15-19-20-16(21(15)10-12)13-8-9-23-11-13/h6-11,14H,1-5H2,(H,18,22). The number of furan rings is 1. The number of nitrogens with zero attached hydrogens (tertiary/aromatic N) is 3. The molecule has 1 N–H and O–H groups in total. The van der Waals surface area contributed by atoms with Gasteiger partial charge in [0, 0.05) is 12.2 Å². The van der Waals surface area contributed by atoms with Crippen LogP contribution in [0.4, 0.5) is 0 Å². The molecular formula is C17H18N4O2. The highest BCUT2D eigenvalue weighted by Crippen LogP contribution is 2.20. The van der Waals surface area contributed by atoms with Crippen LogP contribution in [0.15, 0.2) is 41.3 Å². The summed E-state index contributed by atoms with van der Waals surface area (Å²) in [5, 5.41) is 11.4. The fraction of sp³-hybridized carbons (Fsp3) is 0.353. The molecule has 1 aliphatic carbocycles. The summed E-state index contributed by atoms with van der Waals surface area (Å²) in [5.41, 5.74) is 2.16. The van der Waals surface area contributed by atoms with Gasteiger partial charge in [0.2, 0.25) is 0 Å². The van der Waals surface area contributed by atoms with E-state index in [1.165, 1.54) is 19.3 Å². The normalized spacial score (nSPS) is 15.8. The van der Waals surface area contributed by atoms with Gasteiger partial charge in [0.25, 0.3) is 5.91 Å². The third kappa shape index (κ3) is 2.72. The van der Waals surface area contributed by atoms with E-state index in [0.29, 0.717) is 23.1 Å². The summed E-state index contributed by atoms with van der Waals surface area (Å²) in [6, 6.07) is 5.72. The number of hydrogen-bond donors (Lipinski definition) is 1. The average molecular weight is 310 g/mol. The van der Waals surface area contributed by atoms with Gasteiger partial charge in [-0.15, -0.1) is 10.2 Å². The number of carbonyl (C=O) groups excluding carboxylic acids is 1. The van der Waals surface area contributed by atoms with E-state index < -0.39 is 0 Å². The van der Waals surface area contributed by atoms with Crippen LogP contribution in [-0.2, 0) is 0 Å². The number of hydrogen-bond acceptors (Lipinski definition) is 4. The van der Waals surface area contributed by atoms with Gasteiger partial charge in [-0.05, 0) is 31.0 Å². The van der Waals surface area contributed by atoms with E-state index in [-0.39, 0.29) is 5.91 Å². The quantitative estimate of drug-likeness (QED) is 0.807. The van der Waals surface area contributed by atoms with Crippen LogP contribution in [-0.4, -0.2) is 26.5 Å². The monoisotopic (exact) mass is 310 g/mol. The highest BCUT2D eigenvalue weighted by Gasteiger charge is 2.18. The van der Waals surface area contributed by atoms with Crippen molar-refractivity contribution in [1.29, 1.82) is 0 Å². The van der Waals surface area contributed by atoms with Gasteiger partial charge in [-0.2, -0.15) is 0 Å². The largest absolute Gasteiger partial charge is 0.472 e. The first-order chi connectivity index (χ1) is 11.3. The van der Waals surface area contributed by atoms with Crippen molar-refractivity contribution in [1.82, 2.24) is 19.9 Å². The topological polar surface area (TPSA) is 72.4 Å². The predicted molar refractivity (Wildman–Crippen MR) is 85.0 cm³/mol. The number of fused-ring (bicyclic) bond motifs is 1. The van der Waals surface area contributed by atoms with Gasteiger partial charge in [0.05, 0.1) is 17.4 Å². The van der Waals surface area contributed by atoms with Crippen molar-refractivity contribution >= 4 is 11.6 Å². The van der Waals surface area contributed by atoms with Gasteiger partial charge in [0.1, 0.15) is 6.26 Å². The summed E-state index contributed by atoms with van der Waals surface area (Å²) in [5.74, 6) is 0.631. The van der Waals surface area contributed by atoms with E-state index in [9.17, 15) is 4.79 Å². The Kier molecular flexibility index (Phi) is 3.57. The Morgan fingerprint density at radius 3 is 2.83 bits per heavy atom. The number of nitrogens with one attached hydrogen (secondary N) is 1. The third-order valence-corrected chi connectivity index (χ3v) is 4.38. The van der Waals surface area contributed by atoms with Crippen LogP contribution < -0.4 is 5.32 Å². The molecule has 6 nitrogen and oxygen atoms in total. The molecule has 0 aliphatic heterocycles. The summed E-state index contributed by atoms with van der Waals surface area (Å²) in [7, 11) is 0. The lowest BCUT2D eigenvalue weighted by atomic mass is 9.95. The Morgan fingerprint density at radius 1 is 1.17 bits per heavy atom. The minimum absolute atomic E-state index is 0.0364. The van der Waals surface area contributed by atoms with Gasteiger partial charge in [-0.25, -0.2) is 0 Å². The molecule has 0 saturated heterocycles. The summed E-state index contributed by atoms with van der Waals surface area (Å²) in [6.07, 6.45) is 10.8. The van der Waals surface area contributed by atoms with Crippen molar-refractivity contribution in [2.45, 2.75) is 38.1 Å². The van der Waals surface area contributed by atoms with E-state index in [1.54, 1.807) is 24.8 Å². The number of rotatable bonds is 3. The van der Waals surface area contributed by atoms with Crippen molar-refractivity contribution in [3.63, 3.8) is 0 Å². The van der Waals surface area contributed by atoms with Crippen molar-refractivity contribution in [2.24, 2.45) is 0 Å². The molecule has 0 atom stereocenters. The second kappa shape index (κ2) is 5.87. The smallest absolute Gasteiger partial charge is 0.252 e. The highest BCUT2D eigenvalue weighted by atomic mass is 16.3. The lowest BCUT2D eigenvalue weighted by molar-refractivity contribution is 0.0927. The number of pyridine rings is 1. The maximum absolute atomic E-state index is 12.5. The van der Waals surface area contributed by atoms with Crippen molar-refractivity contribution in [3.8, 4) is 11.4 Å². The molecule has 0 radical (unpaired) electrons. The van der Waals surface area contributed by atoms with Gasteiger partial charge in [0.15, 0.2) is 11.5 Å². The zero-order chi connectivity index (χ0) is 15.6. The summed E-state index contributed by atoms with van der Waals surface area (Å²) < 4.78 is 6.93. The summed E-state index contributed by atoms with van der Waals surface area (Å²) in [6.45, 7) is 0. The van der Waals surface area contributed by atoms with E-state index in [1.807, 2.05) is 16.5 Å². The SMILES string of the molecule is O=C(NC1CCCCC1)c1ccc2nnc(-c3ccoc3)n2c1. The molecule has 1 fully saturated rings. The first-order valence-corrected chi connectivity index (χ1v) is 7.99. The molecule has 118 valence electrons. The Balaban J connectivity index is 1.62. The number of carbonyl (C=O) groups is 1. The van der Waals surface area contributed by atoms with Crippen LogP contribution in [0, 0.1) is 0 Å². The molecule has 0 spiro atoms. The van der Waals surface area contributed by atoms with Gasteiger partial charge in [-0.3, -0.25) is 9.20 Å². The van der Waals surface area contributed by atoms with Crippen LogP contribution in [0.5, 0.6) is 0 Å². The molecule has 3 aromatic heterocycles. The zero-order valence-corrected chi connectivity index (χ0v) is 12.7. The fourth-order valence-corrected chi connectivity index (χ4v) is 3.13. The fourth-order valence-electron chi connectivity index (χ4n) is 3.13. The van der Waals surface area contributed by atoms with Crippen molar-refractivity contribution in [2.75, 3.05) is 0 Å². The number of aromatic nitrogens is 3. The minimum atomic E-state index is -0.0364. The highest BCUT2D eigenvalue weighted by molar-refractivity contribution is 5.94. The Hall–Kier alpha value is -2.63. The van der Waals surface area contributed by atoms with Crippen molar-refractivity contribution < 1.29 is 9.21 Å². The summed E-state index contributed by atoms with van der Waals surface area (Å²) in [4.78, 5) is 12.5. The first kappa shape index (κ1) is 14.0. The zero-order valence-electron chi connectivity index (χ0n) is 12.7. The second-order valence-electron chi connectivity index (χ2n) is 5.99. The minimum Gasteiger partial charge on any atom is -0.472 e. The van der Waals surface area contributed by atoms with Crippen LogP contribution in [0.2, 0.25) is 0 Å². The molecular weight excluding hydrogens is 292 g/mol. The van der Waals surface area contributed by atoms with E-state index in [2.05, 4.69) is 15.5 Å². The van der Waals surface area contributed by atoms with Gasteiger partial charge < -0.3 is 9.73 Å². The third-order valence-electron chi connectivity index (χ3n) is 4.38. The molecule has 23 heavy (non-hydrogen) atoms. The summed E-state index contributed by atoms with van der Waals surface area (Å²) >= 11 is 0. The predicted octanol–water partition coefficient (Wildman–Crippen LogP) is 3.05. The van der Waals surface area contributed by atoms with Gasteiger partial charge >= 0.3 is 0 Å². The average Bonchev–Trinajstić information content (AvgIpc) is 3.24. The molecule has 1 saturated carbocycles. The Bertz CT molecular complexity index is 816. The van der Waals surface area contributed by atoms with Crippen LogP contribution >= 0.6 is 0 Å².